The Bertz CT molecular complexity index is 425. The van der Waals surface area contributed by atoms with Crippen LogP contribution in [0.5, 0.6) is 0 Å². The van der Waals surface area contributed by atoms with Crippen molar-refractivity contribution < 1.29 is 0 Å². The predicted octanol–water partition coefficient (Wildman–Crippen LogP) is 3.97. The van der Waals surface area contributed by atoms with Gasteiger partial charge in [-0.05, 0) is 18.9 Å². The number of rotatable bonds is 3. The molecule has 0 aromatic heterocycles. The molecule has 0 unspecified atom stereocenters. The van der Waals surface area contributed by atoms with Gasteiger partial charge in [-0.1, -0.05) is 60.1 Å². The maximum atomic E-state index is 4.07. The van der Waals surface area contributed by atoms with Gasteiger partial charge in [0.15, 0.2) is 0 Å². The summed E-state index contributed by atoms with van der Waals surface area (Å²) in [6, 6.07) is 0.768. The molecule has 0 amide bonds. The lowest BCUT2D eigenvalue weighted by atomic mass is 9.96. The Morgan fingerprint density at radius 2 is 1.58 bits per heavy atom. The molecule has 0 saturated heterocycles. The Labute approximate surface area is 120 Å². The molecule has 2 heteroatoms. The first-order valence-corrected chi connectivity index (χ1v) is 10.9. The third kappa shape index (κ3) is 2.85. The van der Waals surface area contributed by atoms with Gasteiger partial charge >= 0.3 is 0 Å². The summed E-state index contributed by atoms with van der Waals surface area (Å²) < 4.78 is 0. The molecule has 19 heavy (non-hydrogen) atoms. The quantitative estimate of drug-likeness (QED) is 0.650. The van der Waals surface area contributed by atoms with Crippen molar-refractivity contribution in [2.45, 2.75) is 78.9 Å². The van der Waals surface area contributed by atoms with Crippen LogP contribution in [-0.2, 0) is 0 Å². The molecule has 1 aromatic carbocycles. The molecule has 108 valence electrons. The van der Waals surface area contributed by atoms with E-state index in [9.17, 15) is 0 Å². The van der Waals surface area contributed by atoms with E-state index < -0.39 is 8.24 Å². The average molecular weight is 277 g/mol. The summed E-state index contributed by atoms with van der Waals surface area (Å²) in [6.07, 6.45) is 7.03. The first-order valence-electron chi connectivity index (χ1n) is 7.86. The van der Waals surface area contributed by atoms with Crippen molar-refractivity contribution in [1.82, 2.24) is 4.98 Å². The largest absolute Gasteiger partial charge is 0.341 e. The van der Waals surface area contributed by atoms with E-state index in [2.05, 4.69) is 45.8 Å². The third-order valence-corrected chi connectivity index (χ3v) is 8.36. The van der Waals surface area contributed by atoms with E-state index in [-0.39, 0.29) is 0 Å². The second-order valence-corrected chi connectivity index (χ2v) is 11.0. The van der Waals surface area contributed by atoms with E-state index in [1.165, 1.54) is 43.2 Å². The number of hydrogen-bond donors (Lipinski definition) is 1. The van der Waals surface area contributed by atoms with Crippen LogP contribution in [0.25, 0.3) is 0 Å². The van der Waals surface area contributed by atoms with Gasteiger partial charge in [-0.15, -0.1) is 0 Å². The minimum atomic E-state index is -1.52. The summed E-state index contributed by atoms with van der Waals surface area (Å²) in [5.41, 5.74) is 6.13. The summed E-state index contributed by atoms with van der Waals surface area (Å²) in [7, 11) is -1.52. The molecular formula is C17H30NSi-. The van der Waals surface area contributed by atoms with E-state index in [0.717, 1.165) is 6.04 Å². The van der Waals surface area contributed by atoms with Gasteiger partial charge in [0, 0.05) is 0 Å². The zero-order valence-corrected chi connectivity index (χ0v) is 14.6. The summed E-state index contributed by atoms with van der Waals surface area (Å²) in [5, 5.41) is 1.67. The molecule has 1 aromatic rings. The van der Waals surface area contributed by atoms with E-state index in [0.29, 0.717) is 0 Å². The maximum absolute atomic E-state index is 4.07. The van der Waals surface area contributed by atoms with Crippen LogP contribution in [-0.4, -0.2) is 14.3 Å². The Hall–Kier alpha value is -0.473. The molecule has 1 aliphatic rings. The highest BCUT2D eigenvalue weighted by Crippen LogP contribution is 2.23. The van der Waals surface area contributed by atoms with Crippen LogP contribution >= 0.6 is 0 Å². The maximum Gasteiger partial charge on any atom is 0.0796 e. The van der Waals surface area contributed by atoms with Gasteiger partial charge < -0.3 is 4.98 Å². The fourth-order valence-corrected chi connectivity index (χ4v) is 7.69. The molecule has 1 nitrogen and oxygen atoms in total. The van der Waals surface area contributed by atoms with Crippen LogP contribution in [0.2, 0.25) is 13.1 Å². The van der Waals surface area contributed by atoms with Crippen LogP contribution < -0.4 is 10.2 Å². The topological polar surface area (TPSA) is 12.0 Å². The molecule has 1 fully saturated rings. The molecule has 1 saturated carbocycles. The Kier molecular flexibility index (Phi) is 4.31. The fourth-order valence-electron chi connectivity index (χ4n) is 3.99. The molecule has 2 rings (SSSR count). The highest BCUT2D eigenvalue weighted by atomic mass is 28.3. The lowest BCUT2D eigenvalue weighted by Gasteiger charge is -2.38. The number of hydrogen-bond acceptors (Lipinski definition) is 1. The monoisotopic (exact) mass is 276 g/mol. The van der Waals surface area contributed by atoms with Gasteiger partial charge in [-0.3, -0.25) is 0 Å². The Morgan fingerprint density at radius 3 is 2.05 bits per heavy atom. The van der Waals surface area contributed by atoms with Crippen molar-refractivity contribution in [3.05, 3.63) is 22.3 Å². The zero-order valence-electron chi connectivity index (χ0n) is 13.6. The van der Waals surface area contributed by atoms with Gasteiger partial charge in [0.1, 0.15) is 0 Å². The summed E-state index contributed by atoms with van der Waals surface area (Å²) in [5.74, 6) is 0. The van der Waals surface area contributed by atoms with Gasteiger partial charge in [0.25, 0.3) is 0 Å². The molecule has 1 N–H and O–H groups in total. The van der Waals surface area contributed by atoms with Crippen molar-refractivity contribution in [3.63, 3.8) is 0 Å². The SMILES string of the molecule is Cc1c([Si](C)(C)NC2CCCCC2)c(C)[c-](C)c1C. The van der Waals surface area contributed by atoms with Gasteiger partial charge in [0.05, 0.1) is 8.24 Å². The molecule has 0 atom stereocenters. The smallest absolute Gasteiger partial charge is 0.0796 e. The fraction of sp³-hybridized carbons (Fsp3) is 0.706. The molecule has 0 bridgehead atoms. The standard InChI is InChI=1S/C17H30NSi/c1-12-13(2)15(4)17(14(12)3)19(5,6)18-16-10-8-7-9-11-16/h16,18H,7-11H2,1-6H3/q-1. The molecule has 0 heterocycles. The van der Waals surface area contributed by atoms with Crippen LogP contribution in [0.15, 0.2) is 0 Å². The lowest BCUT2D eigenvalue weighted by molar-refractivity contribution is 0.415. The Balaban J connectivity index is 2.25. The van der Waals surface area contributed by atoms with Crippen molar-refractivity contribution in [1.29, 1.82) is 0 Å². The van der Waals surface area contributed by atoms with Crippen LogP contribution in [0.4, 0.5) is 0 Å². The summed E-state index contributed by atoms with van der Waals surface area (Å²) >= 11 is 0. The highest BCUT2D eigenvalue weighted by molar-refractivity contribution is 6.88. The Morgan fingerprint density at radius 1 is 1.00 bits per heavy atom. The van der Waals surface area contributed by atoms with E-state index in [4.69, 9.17) is 0 Å². The normalized spacial score (nSPS) is 18.0. The van der Waals surface area contributed by atoms with Crippen molar-refractivity contribution in [2.24, 2.45) is 0 Å². The molecule has 0 spiro atoms. The van der Waals surface area contributed by atoms with Gasteiger partial charge in [-0.2, -0.15) is 27.4 Å². The minimum Gasteiger partial charge on any atom is -0.341 e. The highest BCUT2D eigenvalue weighted by Gasteiger charge is 2.26. The van der Waals surface area contributed by atoms with Crippen LogP contribution in [0.3, 0.4) is 0 Å². The van der Waals surface area contributed by atoms with Crippen molar-refractivity contribution in [3.8, 4) is 0 Å². The minimum absolute atomic E-state index is 0.768. The van der Waals surface area contributed by atoms with Crippen molar-refractivity contribution >= 4 is 13.4 Å². The second kappa shape index (κ2) is 5.49. The first-order chi connectivity index (χ1) is 8.84. The lowest BCUT2D eigenvalue weighted by Crippen LogP contribution is -2.60. The van der Waals surface area contributed by atoms with E-state index in [1.807, 2.05) is 0 Å². The first kappa shape index (κ1) is 14.9. The van der Waals surface area contributed by atoms with E-state index in [1.54, 1.807) is 16.3 Å². The molecule has 1 aliphatic carbocycles. The summed E-state index contributed by atoms with van der Waals surface area (Å²) in [4.78, 5) is 4.07. The number of nitrogens with one attached hydrogen (secondary N) is 1. The van der Waals surface area contributed by atoms with E-state index >= 15 is 0 Å². The second-order valence-electron chi connectivity index (χ2n) is 6.98. The molecule has 0 aliphatic heterocycles. The van der Waals surface area contributed by atoms with Crippen LogP contribution in [0.1, 0.15) is 54.4 Å². The molecular weight excluding hydrogens is 246 g/mol. The van der Waals surface area contributed by atoms with Crippen molar-refractivity contribution in [2.75, 3.05) is 0 Å². The summed E-state index contributed by atoms with van der Waals surface area (Å²) in [6.45, 7) is 14.2. The zero-order chi connectivity index (χ0) is 14.2. The third-order valence-electron chi connectivity index (χ3n) is 5.23. The molecule has 0 radical (unpaired) electrons. The van der Waals surface area contributed by atoms with Gasteiger partial charge in [0.2, 0.25) is 0 Å². The van der Waals surface area contributed by atoms with Gasteiger partial charge in [-0.25, -0.2) is 0 Å². The average Bonchev–Trinajstić information content (AvgIpc) is 2.55. The predicted molar refractivity (Wildman–Crippen MR) is 88.1 cm³/mol. The van der Waals surface area contributed by atoms with Crippen LogP contribution in [0, 0.1) is 27.7 Å².